The van der Waals surface area contributed by atoms with Crippen LogP contribution in [0.1, 0.15) is 24.0 Å². The number of likely N-dealkylation sites (tertiary alicyclic amines) is 1. The van der Waals surface area contributed by atoms with Gasteiger partial charge in [-0.1, -0.05) is 42.0 Å². The quantitative estimate of drug-likeness (QED) is 0.784. The largest absolute Gasteiger partial charge is 0.359 e. The Morgan fingerprint density at radius 2 is 1.78 bits per heavy atom. The first-order valence-electron chi connectivity index (χ1n) is 8.88. The third-order valence-corrected chi connectivity index (χ3v) is 5.53. The second kappa shape index (κ2) is 7.73. The lowest BCUT2D eigenvalue weighted by atomic mass is 10.1. The predicted octanol–water partition coefficient (Wildman–Crippen LogP) is 2.58. The van der Waals surface area contributed by atoms with E-state index in [1.165, 1.54) is 43.6 Å². The van der Waals surface area contributed by atoms with Crippen LogP contribution in [0.15, 0.2) is 24.3 Å². The van der Waals surface area contributed by atoms with Gasteiger partial charge in [-0.15, -0.1) is 0 Å². The second-order valence-electron chi connectivity index (χ2n) is 7.17. The van der Waals surface area contributed by atoms with E-state index in [-0.39, 0.29) is 0 Å². The van der Waals surface area contributed by atoms with E-state index in [1.807, 2.05) is 0 Å². The fourth-order valence-electron chi connectivity index (χ4n) is 3.74. The lowest BCUT2D eigenvalue weighted by Crippen LogP contribution is -2.57. The van der Waals surface area contributed by atoms with E-state index < -0.39 is 0 Å². The van der Waals surface area contributed by atoms with E-state index in [0.717, 1.165) is 31.0 Å². The van der Waals surface area contributed by atoms with Crippen molar-refractivity contribution in [2.45, 2.75) is 32.2 Å². The maximum atomic E-state index is 5.83. The molecule has 1 aromatic carbocycles. The van der Waals surface area contributed by atoms with Crippen molar-refractivity contribution in [1.82, 2.24) is 14.7 Å². The van der Waals surface area contributed by atoms with Gasteiger partial charge in [0.15, 0.2) is 0 Å². The molecule has 0 N–H and O–H groups in total. The molecule has 2 heterocycles. The Balaban J connectivity index is 1.64. The molecule has 23 heavy (non-hydrogen) atoms. The minimum atomic E-state index is 0.546. The van der Waals surface area contributed by atoms with Crippen LogP contribution >= 0.6 is 12.2 Å². The highest BCUT2D eigenvalue weighted by Crippen LogP contribution is 2.17. The topological polar surface area (TPSA) is 9.72 Å². The van der Waals surface area contributed by atoms with Gasteiger partial charge >= 0.3 is 0 Å². The molecular weight excluding hydrogens is 302 g/mol. The molecule has 1 aromatic rings. The van der Waals surface area contributed by atoms with Gasteiger partial charge in [-0.3, -0.25) is 0 Å². The molecule has 0 spiro atoms. The third kappa shape index (κ3) is 4.52. The fourth-order valence-corrected chi connectivity index (χ4v) is 4.15. The molecule has 0 amide bonds. The lowest BCUT2D eigenvalue weighted by molar-refractivity contribution is 0.121. The molecule has 0 aromatic heterocycles. The van der Waals surface area contributed by atoms with Crippen LogP contribution < -0.4 is 0 Å². The zero-order chi connectivity index (χ0) is 16.2. The fraction of sp³-hybridized carbons (Fsp3) is 0.632. The van der Waals surface area contributed by atoms with Gasteiger partial charge in [0.2, 0.25) is 0 Å². The molecule has 1 unspecified atom stereocenters. The first-order valence-corrected chi connectivity index (χ1v) is 9.28. The van der Waals surface area contributed by atoms with E-state index in [4.69, 9.17) is 12.2 Å². The van der Waals surface area contributed by atoms with Gasteiger partial charge in [-0.2, -0.15) is 0 Å². The van der Waals surface area contributed by atoms with Crippen molar-refractivity contribution in [2.24, 2.45) is 0 Å². The van der Waals surface area contributed by atoms with Crippen molar-refractivity contribution >= 4 is 17.2 Å². The zero-order valence-electron chi connectivity index (χ0n) is 14.5. The van der Waals surface area contributed by atoms with E-state index >= 15 is 0 Å². The summed E-state index contributed by atoms with van der Waals surface area (Å²) in [5.74, 6) is 0. The first-order chi connectivity index (χ1) is 11.1. The summed E-state index contributed by atoms with van der Waals surface area (Å²) in [5, 5.41) is 0. The number of hydrogen-bond acceptors (Lipinski definition) is 3. The molecule has 2 aliphatic heterocycles. The Bertz CT molecular complexity index is 522. The zero-order valence-corrected chi connectivity index (χ0v) is 15.3. The monoisotopic (exact) mass is 331 g/mol. The molecule has 4 heteroatoms. The summed E-state index contributed by atoms with van der Waals surface area (Å²) in [5.41, 5.74) is 2.64. The Hall–Kier alpha value is -0.970. The molecule has 3 rings (SSSR count). The van der Waals surface area contributed by atoms with Crippen LogP contribution in [0, 0.1) is 6.92 Å². The van der Waals surface area contributed by atoms with Gasteiger partial charge in [-0.05, 0) is 45.5 Å². The van der Waals surface area contributed by atoms with Crippen LogP contribution in [0.4, 0.5) is 0 Å². The van der Waals surface area contributed by atoms with E-state index in [2.05, 4.69) is 52.9 Å². The van der Waals surface area contributed by atoms with Gasteiger partial charge in [0, 0.05) is 32.6 Å². The van der Waals surface area contributed by atoms with E-state index in [0.29, 0.717) is 6.04 Å². The molecule has 3 nitrogen and oxygen atoms in total. The van der Waals surface area contributed by atoms with Crippen molar-refractivity contribution in [1.29, 1.82) is 0 Å². The summed E-state index contributed by atoms with van der Waals surface area (Å²) in [6.07, 6.45) is 3.61. The molecule has 126 valence electrons. The summed E-state index contributed by atoms with van der Waals surface area (Å²) in [6.45, 7) is 9.14. The number of piperazine rings is 1. The van der Waals surface area contributed by atoms with E-state index in [9.17, 15) is 0 Å². The number of hydrogen-bond donors (Lipinski definition) is 0. The van der Waals surface area contributed by atoms with Crippen molar-refractivity contribution in [3.05, 3.63) is 35.4 Å². The van der Waals surface area contributed by atoms with Gasteiger partial charge in [0.05, 0.1) is 11.0 Å². The highest BCUT2D eigenvalue weighted by molar-refractivity contribution is 7.80. The summed E-state index contributed by atoms with van der Waals surface area (Å²) >= 11 is 5.83. The maximum absolute atomic E-state index is 5.83. The molecule has 2 saturated heterocycles. The van der Waals surface area contributed by atoms with Gasteiger partial charge < -0.3 is 14.7 Å². The van der Waals surface area contributed by atoms with Crippen LogP contribution in [0.5, 0.6) is 0 Å². The highest BCUT2D eigenvalue weighted by Gasteiger charge is 2.29. The smallest absolute Gasteiger partial charge is 0.0827 e. The summed E-state index contributed by atoms with van der Waals surface area (Å²) in [7, 11) is 2.23. The average Bonchev–Trinajstić information content (AvgIpc) is 3.02. The lowest BCUT2D eigenvalue weighted by Gasteiger charge is -2.43. The van der Waals surface area contributed by atoms with Crippen LogP contribution in [-0.2, 0) is 6.42 Å². The van der Waals surface area contributed by atoms with Crippen molar-refractivity contribution in [3.8, 4) is 0 Å². The maximum Gasteiger partial charge on any atom is 0.0827 e. The third-order valence-electron chi connectivity index (χ3n) is 5.15. The molecule has 1 atom stereocenters. The average molecular weight is 332 g/mol. The van der Waals surface area contributed by atoms with E-state index in [1.54, 1.807) is 0 Å². The Morgan fingerprint density at radius 3 is 2.48 bits per heavy atom. The Labute approximate surface area is 146 Å². The highest BCUT2D eigenvalue weighted by atomic mass is 32.1. The number of thiocarbonyl (C=S) groups is 1. The summed E-state index contributed by atoms with van der Waals surface area (Å²) < 4.78 is 0. The summed E-state index contributed by atoms with van der Waals surface area (Å²) in [4.78, 5) is 8.69. The standard InChI is InChI=1S/C19H29N3S/c1-16-5-7-17(8-6-16)13-19(23)22-12-11-20(2)14-18(22)15-21-9-3-4-10-21/h5-8,18H,3-4,9-15H2,1-2H3. The molecule has 0 saturated carbocycles. The Kier molecular flexibility index (Phi) is 5.67. The van der Waals surface area contributed by atoms with Gasteiger partial charge in [0.25, 0.3) is 0 Å². The van der Waals surface area contributed by atoms with Crippen molar-refractivity contribution < 1.29 is 0 Å². The molecule has 0 aliphatic carbocycles. The second-order valence-corrected chi connectivity index (χ2v) is 7.64. The van der Waals surface area contributed by atoms with Crippen molar-refractivity contribution in [3.63, 3.8) is 0 Å². The molecule has 0 bridgehead atoms. The number of aryl methyl sites for hydroxylation is 1. The van der Waals surface area contributed by atoms with Crippen LogP contribution in [0.3, 0.4) is 0 Å². The molecule has 2 aliphatic rings. The van der Waals surface area contributed by atoms with Gasteiger partial charge in [-0.25, -0.2) is 0 Å². The van der Waals surface area contributed by atoms with Gasteiger partial charge in [0.1, 0.15) is 0 Å². The number of benzene rings is 1. The van der Waals surface area contributed by atoms with Crippen LogP contribution in [0.25, 0.3) is 0 Å². The van der Waals surface area contributed by atoms with Crippen LogP contribution in [0.2, 0.25) is 0 Å². The first kappa shape index (κ1) is 16.9. The molecular formula is C19H29N3S. The molecule has 2 fully saturated rings. The Morgan fingerprint density at radius 1 is 1.09 bits per heavy atom. The van der Waals surface area contributed by atoms with Crippen LogP contribution in [-0.4, -0.2) is 72.0 Å². The number of nitrogens with zero attached hydrogens (tertiary/aromatic N) is 3. The predicted molar refractivity (Wildman–Crippen MR) is 101 cm³/mol. The minimum Gasteiger partial charge on any atom is -0.359 e. The summed E-state index contributed by atoms with van der Waals surface area (Å²) in [6, 6.07) is 9.35. The van der Waals surface area contributed by atoms with Crippen molar-refractivity contribution in [2.75, 3.05) is 46.3 Å². The normalized spacial score (nSPS) is 23.4. The molecule has 0 radical (unpaired) electrons. The minimum absolute atomic E-state index is 0.546. The SMILES string of the molecule is Cc1ccc(CC(=S)N2CCN(C)CC2CN2CCCC2)cc1. The number of rotatable bonds is 4. The number of likely N-dealkylation sites (N-methyl/N-ethyl adjacent to an activating group) is 1.